The number of nitrogens with two attached hydrogens (primary N) is 1. The van der Waals surface area contributed by atoms with Crippen LogP contribution in [0.5, 0.6) is 0 Å². The molecule has 0 radical (unpaired) electrons. The molecule has 9 nitrogen and oxygen atoms in total. The molecule has 2 aromatic rings. The van der Waals surface area contributed by atoms with Crippen molar-refractivity contribution in [3.63, 3.8) is 0 Å². The average Bonchev–Trinajstić information content (AvgIpc) is 2.87. The summed E-state index contributed by atoms with van der Waals surface area (Å²) in [6.07, 6.45) is 3.01. The molecule has 0 saturated carbocycles. The maximum Gasteiger partial charge on any atom is 0.267 e. The Hall–Kier alpha value is -3.71. The molecule has 33 heavy (non-hydrogen) atoms. The molecule has 7 N–H and O–H groups in total. The number of carbonyl (C=O) groups is 3. The fourth-order valence-corrected chi connectivity index (χ4v) is 3.34. The van der Waals surface area contributed by atoms with Gasteiger partial charge in [-0.05, 0) is 67.9 Å². The number of anilines is 1. The van der Waals surface area contributed by atoms with Crippen molar-refractivity contribution < 1.29 is 19.6 Å². The van der Waals surface area contributed by atoms with Crippen LogP contribution in [0.1, 0.15) is 40.7 Å². The van der Waals surface area contributed by atoms with E-state index in [4.69, 9.17) is 10.9 Å². The molecule has 1 aliphatic rings. The van der Waals surface area contributed by atoms with Crippen molar-refractivity contribution in [2.75, 3.05) is 18.4 Å². The van der Waals surface area contributed by atoms with Crippen LogP contribution in [0.2, 0.25) is 0 Å². The monoisotopic (exact) mass is 449 g/mol. The van der Waals surface area contributed by atoms with Gasteiger partial charge in [-0.3, -0.25) is 19.6 Å². The highest BCUT2D eigenvalue weighted by Gasteiger charge is 2.20. The van der Waals surface area contributed by atoms with Gasteiger partial charge in [0.05, 0.1) is 6.04 Å². The maximum atomic E-state index is 12.3. The van der Waals surface area contributed by atoms with Crippen LogP contribution in [0.15, 0.2) is 48.5 Å². The van der Waals surface area contributed by atoms with Gasteiger partial charge < -0.3 is 21.7 Å². The minimum Gasteiger partial charge on any atom is -0.339 e. The van der Waals surface area contributed by atoms with E-state index in [2.05, 4.69) is 27.8 Å². The molecule has 1 aliphatic heterocycles. The molecule has 0 aliphatic carbocycles. The number of carbonyl (C=O) groups excluding carboxylic acids is 3. The molecular weight excluding hydrogens is 422 g/mol. The molecule has 2 aromatic carbocycles. The number of amides is 3. The summed E-state index contributed by atoms with van der Waals surface area (Å²) in [6.45, 7) is 0.717. The number of nitrogens with one attached hydrogen (secondary N) is 4. The fraction of sp³-hybridized carbons (Fsp3) is 0.292. The summed E-state index contributed by atoms with van der Waals surface area (Å²) in [4.78, 5) is 36.0. The van der Waals surface area contributed by atoms with Crippen LogP contribution in [-0.4, -0.2) is 48.1 Å². The Morgan fingerprint density at radius 2 is 1.67 bits per heavy atom. The van der Waals surface area contributed by atoms with E-state index in [0.29, 0.717) is 11.1 Å². The molecule has 1 heterocycles. The molecular formula is C24H27N5O4. The van der Waals surface area contributed by atoms with E-state index in [0.717, 1.165) is 37.1 Å². The van der Waals surface area contributed by atoms with Gasteiger partial charge in [0.25, 0.3) is 11.8 Å². The molecule has 9 heteroatoms. The van der Waals surface area contributed by atoms with E-state index >= 15 is 0 Å². The second-order valence-electron chi connectivity index (χ2n) is 7.63. The number of benzene rings is 2. The molecule has 0 unspecified atom stereocenters. The first kappa shape index (κ1) is 23.9. The van der Waals surface area contributed by atoms with Crippen molar-refractivity contribution in [2.24, 2.45) is 5.73 Å². The Bertz CT molecular complexity index is 1040. The second-order valence-corrected chi connectivity index (χ2v) is 7.63. The minimum absolute atomic E-state index is 0.0209. The second kappa shape index (κ2) is 11.8. The molecule has 0 aromatic heterocycles. The lowest BCUT2D eigenvalue weighted by Gasteiger charge is -2.22. The Labute approximate surface area is 192 Å². The highest BCUT2D eigenvalue weighted by Crippen LogP contribution is 2.13. The Morgan fingerprint density at radius 3 is 2.21 bits per heavy atom. The molecule has 1 fully saturated rings. The van der Waals surface area contributed by atoms with Gasteiger partial charge in [0.2, 0.25) is 5.91 Å². The van der Waals surface area contributed by atoms with Gasteiger partial charge in [-0.25, -0.2) is 5.48 Å². The minimum atomic E-state index is -1.03. The maximum absolute atomic E-state index is 12.3. The lowest BCUT2D eigenvalue weighted by molar-refractivity contribution is -0.130. The number of rotatable bonds is 6. The van der Waals surface area contributed by atoms with Crippen LogP contribution >= 0.6 is 0 Å². The van der Waals surface area contributed by atoms with E-state index in [9.17, 15) is 14.4 Å². The number of piperidine rings is 1. The lowest BCUT2D eigenvalue weighted by atomic mass is 10.0. The lowest BCUT2D eigenvalue weighted by Crippen LogP contribution is -2.50. The first-order chi connectivity index (χ1) is 16.0. The van der Waals surface area contributed by atoms with Crippen molar-refractivity contribution in [3.8, 4) is 11.8 Å². The summed E-state index contributed by atoms with van der Waals surface area (Å²) in [5.41, 5.74) is 9.44. The highest BCUT2D eigenvalue weighted by atomic mass is 16.5. The molecule has 0 spiro atoms. The van der Waals surface area contributed by atoms with E-state index in [1.54, 1.807) is 24.3 Å². The van der Waals surface area contributed by atoms with Gasteiger partial charge in [-0.2, -0.15) is 0 Å². The first-order valence-corrected chi connectivity index (χ1v) is 10.7. The van der Waals surface area contributed by atoms with Crippen molar-refractivity contribution >= 4 is 23.4 Å². The predicted octanol–water partition coefficient (Wildman–Crippen LogP) is 0.730. The van der Waals surface area contributed by atoms with E-state index < -0.39 is 17.9 Å². The van der Waals surface area contributed by atoms with E-state index in [1.807, 2.05) is 24.3 Å². The van der Waals surface area contributed by atoms with Crippen LogP contribution in [-0.2, 0) is 9.59 Å². The average molecular weight is 450 g/mol. The SMILES string of the molecule is NC[C@H](NC(=O)c1ccc(C#Cc2ccc(NC(=O)[C@@H]3CCCCN3)cc2)cc1)C(=O)NO. The van der Waals surface area contributed by atoms with Gasteiger partial charge in [0, 0.05) is 28.9 Å². The third kappa shape index (κ3) is 6.89. The summed E-state index contributed by atoms with van der Waals surface area (Å²) < 4.78 is 0. The summed E-state index contributed by atoms with van der Waals surface area (Å²) >= 11 is 0. The normalized spacial score (nSPS) is 16.0. The van der Waals surface area contributed by atoms with Gasteiger partial charge in [-0.1, -0.05) is 18.3 Å². The number of hydroxylamine groups is 1. The van der Waals surface area contributed by atoms with Crippen molar-refractivity contribution in [2.45, 2.75) is 31.3 Å². The molecule has 0 bridgehead atoms. The smallest absolute Gasteiger partial charge is 0.267 e. The van der Waals surface area contributed by atoms with E-state index in [-0.39, 0.29) is 18.5 Å². The Morgan fingerprint density at radius 1 is 1.03 bits per heavy atom. The van der Waals surface area contributed by atoms with Gasteiger partial charge in [0.1, 0.15) is 6.04 Å². The molecule has 2 atom stereocenters. The quantitative estimate of drug-likeness (QED) is 0.218. The van der Waals surface area contributed by atoms with Gasteiger partial charge in [0.15, 0.2) is 0 Å². The summed E-state index contributed by atoms with van der Waals surface area (Å²) in [5, 5.41) is 17.3. The highest BCUT2D eigenvalue weighted by molar-refractivity contribution is 5.97. The van der Waals surface area contributed by atoms with Crippen LogP contribution in [0.3, 0.4) is 0 Å². The number of hydrogen-bond donors (Lipinski definition) is 6. The van der Waals surface area contributed by atoms with Crippen molar-refractivity contribution in [3.05, 3.63) is 65.2 Å². The van der Waals surface area contributed by atoms with E-state index in [1.165, 1.54) is 5.48 Å². The van der Waals surface area contributed by atoms with Crippen molar-refractivity contribution in [1.82, 2.24) is 16.1 Å². The van der Waals surface area contributed by atoms with Gasteiger partial charge in [-0.15, -0.1) is 0 Å². The third-order valence-corrected chi connectivity index (χ3v) is 5.25. The molecule has 3 rings (SSSR count). The molecule has 172 valence electrons. The van der Waals surface area contributed by atoms with Crippen LogP contribution in [0.4, 0.5) is 5.69 Å². The summed E-state index contributed by atoms with van der Waals surface area (Å²) in [6, 6.07) is 12.7. The first-order valence-electron chi connectivity index (χ1n) is 10.7. The predicted molar refractivity (Wildman–Crippen MR) is 123 cm³/mol. The third-order valence-electron chi connectivity index (χ3n) is 5.25. The molecule has 3 amide bonds. The zero-order valence-electron chi connectivity index (χ0n) is 18.1. The fourth-order valence-electron chi connectivity index (χ4n) is 3.34. The Balaban J connectivity index is 1.57. The standard InChI is InChI=1S/C24H27N5O4/c25-15-21(24(32)29-33)28-22(30)18-10-6-16(7-11-18)4-5-17-8-12-19(13-9-17)27-23(31)20-3-1-2-14-26-20/h6-13,20-21,26,33H,1-3,14-15,25H2,(H,27,31)(H,28,30)(H,29,32)/t20-,21-/m0/s1. The van der Waals surface area contributed by atoms with Crippen LogP contribution in [0.25, 0.3) is 0 Å². The molecule has 1 saturated heterocycles. The van der Waals surface area contributed by atoms with Crippen LogP contribution < -0.4 is 27.2 Å². The zero-order chi connectivity index (χ0) is 23.6. The van der Waals surface area contributed by atoms with Crippen LogP contribution in [0, 0.1) is 11.8 Å². The number of hydrogen-bond acceptors (Lipinski definition) is 6. The van der Waals surface area contributed by atoms with Crippen molar-refractivity contribution in [1.29, 1.82) is 0 Å². The Kier molecular flexibility index (Phi) is 8.55. The van der Waals surface area contributed by atoms with Gasteiger partial charge >= 0.3 is 0 Å². The zero-order valence-corrected chi connectivity index (χ0v) is 18.1. The largest absolute Gasteiger partial charge is 0.339 e. The topological polar surface area (TPSA) is 146 Å². The summed E-state index contributed by atoms with van der Waals surface area (Å²) in [7, 11) is 0. The summed E-state index contributed by atoms with van der Waals surface area (Å²) in [5.74, 6) is 4.77.